The van der Waals surface area contributed by atoms with Crippen molar-refractivity contribution < 1.29 is 14.3 Å². The molecule has 84 valence electrons. The molecule has 1 aliphatic rings. The number of methoxy groups -OCH3 is 1. The minimum Gasteiger partial charge on any atom is -0.464 e. The third kappa shape index (κ3) is 2.19. The number of esters is 1. The van der Waals surface area contributed by atoms with E-state index in [1.807, 2.05) is 29.2 Å². The van der Waals surface area contributed by atoms with E-state index in [2.05, 4.69) is 20.7 Å². The lowest BCUT2D eigenvalue weighted by molar-refractivity contribution is -0.139. The summed E-state index contributed by atoms with van der Waals surface area (Å²) in [6.45, 7) is 0.325. The smallest absolute Gasteiger partial charge is 0.374 e. The minimum atomic E-state index is -0.459. The summed E-state index contributed by atoms with van der Waals surface area (Å²) in [7, 11) is 1.33. The Hall–Kier alpha value is -1.49. The number of benzene rings is 1. The van der Waals surface area contributed by atoms with Gasteiger partial charge in [0.2, 0.25) is 5.76 Å². The first-order valence-electron chi connectivity index (χ1n) is 4.66. The lowest BCUT2D eigenvalue weighted by Gasteiger charge is -2.12. The van der Waals surface area contributed by atoms with E-state index in [1.54, 1.807) is 6.20 Å². The number of hydrogen-bond acceptors (Lipinski definition) is 4. The molecule has 2 rings (SSSR count). The van der Waals surface area contributed by atoms with Crippen LogP contribution in [0.1, 0.15) is 0 Å². The molecule has 1 heterocycles. The molecule has 0 saturated heterocycles. The fraction of sp³-hybridized carbons (Fsp3) is 0.182. The first kappa shape index (κ1) is 11.0. The molecule has 0 spiro atoms. The molecule has 0 aliphatic carbocycles. The van der Waals surface area contributed by atoms with Crippen LogP contribution in [-0.4, -0.2) is 19.8 Å². The van der Waals surface area contributed by atoms with Gasteiger partial charge in [-0.1, -0.05) is 15.9 Å². The van der Waals surface area contributed by atoms with Crippen molar-refractivity contribution in [1.82, 2.24) is 0 Å². The zero-order valence-corrected chi connectivity index (χ0v) is 10.2. The second-order valence-electron chi connectivity index (χ2n) is 3.20. The maximum Gasteiger partial charge on any atom is 0.374 e. The lowest BCUT2D eigenvalue weighted by atomic mass is 10.3. The zero-order chi connectivity index (χ0) is 11.5. The summed E-state index contributed by atoms with van der Waals surface area (Å²) in [4.78, 5) is 13.0. The Kier molecular flexibility index (Phi) is 3.14. The molecule has 5 heteroatoms. The number of ether oxygens (including phenoxy) is 2. The Balaban J connectivity index is 2.16. The van der Waals surface area contributed by atoms with E-state index in [4.69, 9.17) is 4.74 Å². The highest BCUT2D eigenvalue weighted by Crippen LogP contribution is 2.23. The van der Waals surface area contributed by atoms with Crippen molar-refractivity contribution in [2.75, 3.05) is 18.7 Å². The van der Waals surface area contributed by atoms with Gasteiger partial charge in [-0.2, -0.15) is 0 Å². The Labute approximate surface area is 102 Å². The average Bonchev–Trinajstić information content (AvgIpc) is 2.78. The summed E-state index contributed by atoms with van der Waals surface area (Å²) >= 11 is 3.36. The van der Waals surface area contributed by atoms with Crippen LogP contribution in [0.4, 0.5) is 5.69 Å². The predicted molar refractivity (Wildman–Crippen MR) is 62.7 cm³/mol. The van der Waals surface area contributed by atoms with Gasteiger partial charge in [-0.05, 0) is 24.3 Å². The van der Waals surface area contributed by atoms with Crippen molar-refractivity contribution >= 4 is 27.6 Å². The summed E-state index contributed by atoms with van der Waals surface area (Å²) in [6, 6.07) is 7.73. The Morgan fingerprint density at radius 2 is 2.12 bits per heavy atom. The number of halogens is 1. The molecule has 1 aromatic carbocycles. The van der Waals surface area contributed by atoms with E-state index in [-0.39, 0.29) is 5.76 Å². The van der Waals surface area contributed by atoms with Crippen LogP contribution in [-0.2, 0) is 14.3 Å². The van der Waals surface area contributed by atoms with Gasteiger partial charge in [0.15, 0.2) is 6.73 Å². The summed E-state index contributed by atoms with van der Waals surface area (Å²) in [6.07, 6.45) is 1.63. The van der Waals surface area contributed by atoms with Crippen LogP contribution >= 0.6 is 15.9 Å². The first-order chi connectivity index (χ1) is 7.70. The number of carbonyl (C=O) groups is 1. The summed E-state index contributed by atoms with van der Waals surface area (Å²) in [5.41, 5.74) is 0.960. The van der Waals surface area contributed by atoms with E-state index in [1.165, 1.54) is 7.11 Å². The molecule has 0 unspecified atom stereocenters. The Bertz CT molecular complexity index is 427. The van der Waals surface area contributed by atoms with E-state index < -0.39 is 5.97 Å². The Morgan fingerprint density at radius 1 is 1.44 bits per heavy atom. The minimum absolute atomic E-state index is 0.227. The van der Waals surface area contributed by atoms with E-state index >= 15 is 0 Å². The maximum atomic E-state index is 11.2. The predicted octanol–water partition coefficient (Wildman–Crippen LogP) is 2.26. The summed E-state index contributed by atoms with van der Waals surface area (Å²) in [5.74, 6) is -0.231. The maximum absolute atomic E-state index is 11.2. The monoisotopic (exact) mass is 283 g/mol. The average molecular weight is 284 g/mol. The van der Waals surface area contributed by atoms with Crippen molar-refractivity contribution in [3.8, 4) is 0 Å². The molecule has 16 heavy (non-hydrogen) atoms. The number of hydrogen-bond donors (Lipinski definition) is 0. The highest BCUT2D eigenvalue weighted by atomic mass is 79.9. The van der Waals surface area contributed by atoms with Crippen molar-refractivity contribution in [3.05, 3.63) is 40.7 Å². The first-order valence-corrected chi connectivity index (χ1v) is 5.45. The van der Waals surface area contributed by atoms with E-state index in [0.717, 1.165) is 10.2 Å². The fourth-order valence-corrected chi connectivity index (χ4v) is 1.61. The van der Waals surface area contributed by atoms with E-state index in [0.29, 0.717) is 6.73 Å². The molecule has 1 aliphatic heterocycles. The normalized spacial score (nSPS) is 14.4. The van der Waals surface area contributed by atoms with Crippen molar-refractivity contribution in [3.63, 3.8) is 0 Å². The van der Waals surface area contributed by atoms with Gasteiger partial charge in [-0.15, -0.1) is 0 Å². The van der Waals surface area contributed by atoms with Crippen LogP contribution in [0.2, 0.25) is 0 Å². The van der Waals surface area contributed by atoms with Crippen LogP contribution in [0.5, 0.6) is 0 Å². The molecule has 0 N–H and O–H groups in total. The van der Waals surface area contributed by atoms with Gasteiger partial charge >= 0.3 is 5.97 Å². The summed E-state index contributed by atoms with van der Waals surface area (Å²) < 4.78 is 10.8. The van der Waals surface area contributed by atoms with Crippen LogP contribution in [0, 0.1) is 0 Å². The third-order valence-corrected chi connectivity index (χ3v) is 2.71. The van der Waals surface area contributed by atoms with Crippen LogP contribution < -0.4 is 4.90 Å². The van der Waals surface area contributed by atoms with Crippen molar-refractivity contribution in [2.45, 2.75) is 0 Å². The van der Waals surface area contributed by atoms with Gasteiger partial charge in [0.25, 0.3) is 0 Å². The standard InChI is InChI=1S/C11H10BrNO3/c1-15-11(14)10-6-13(7-16-10)9-4-2-8(12)3-5-9/h2-6H,7H2,1H3. The zero-order valence-electron chi connectivity index (χ0n) is 8.64. The molecule has 0 saturated carbocycles. The van der Waals surface area contributed by atoms with Crippen LogP contribution in [0.3, 0.4) is 0 Å². The molecule has 1 aromatic rings. The summed E-state index contributed by atoms with van der Waals surface area (Å²) in [5, 5.41) is 0. The molecular formula is C11H10BrNO3. The SMILES string of the molecule is COC(=O)C1=CN(c2ccc(Br)cc2)CO1. The largest absolute Gasteiger partial charge is 0.464 e. The lowest BCUT2D eigenvalue weighted by Crippen LogP contribution is -2.12. The second kappa shape index (κ2) is 4.57. The fourth-order valence-electron chi connectivity index (χ4n) is 1.35. The number of anilines is 1. The highest BCUT2D eigenvalue weighted by Gasteiger charge is 2.21. The third-order valence-electron chi connectivity index (χ3n) is 2.18. The van der Waals surface area contributed by atoms with Crippen molar-refractivity contribution in [2.24, 2.45) is 0 Å². The number of rotatable bonds is 2. The molecule has 0 aromatic heterocycles. The van der Waals surface area contributed by atoms with Gasteiger partial charge in [0.05, 0.1) is 13.3 Å². The van der Waals surface area contributed by atoms with Crippen molar-refractivity contribution in [1.29, 1.82) is 0 Å². The molecule has 0 atom stereocenters. The molecule has 0 amide bonds. The molecule has 0 fully saturated rings. The van der Waals surface area contributed by atoms with Gasteiger partial charge in [-0.25, -0.2) is 4.79 Å². The highest BCUT2D eigenvalue weighted by molar-refractivity contribution is 9.10. The van der Waals surface area contributed by atoms with Crippen LogP contribution in [0.25, 0.3) is 0 Å². The van der Waals surface area contributed by atoms with Gasteiger partial charge in [0, 0.05) is 10.2 Å². The molecule has 4 nitrogen and oxygen atoms in total. The topological polar surface area (TPSA) is 38.8 Å². The number of carbonyl (C=O) groups excluding carboxylic acids is 1. The van der Waals surface area contributed by atoms with Gasteiger partial charge < -0.3 is 14.4 Å². The van der Waals surface area contributed by atoms with Gasteiger partial charge in [-0.3, -0.25) is 0 Å². The molecule has 0 radical (unpaired) electrons. The quantitative estimate of drug-likeness (QED) is 0.781. The second-order valence-corrected chi connectivity index (χ2v) is 4.12. The number of nitrogens with zero attached hydrogens (tertiary/aromatic N) is 1. The Morgan fingerprint density at radius 3 is 2.75 bits per heavy atom. The van der Waals surface area contributed by atoms with Gasteiger partial charge in [0.1, 0.15) is 0 Å². The van der Waals surface area contributed by atoms with Crippen LogP contribution in [0.15, 0.2) is 40.7 Å². The van der Waals surface area contributed by atoms with E-state index in [9.17, 15) is 4.79 Å². The molecule has 0 bridgehead atoms. The molecular weight excluding hydrogens is 274 g/mol.